The number of carbonyl (C=O) groups is 5. The maximum absolute atomic E-state index is 13.2. The molecule has 1 rings (SSSR count). The van der Waals surface area contributed by atoms with E-state index in [4.69, 9.17) is 20.9 Å². The largest absolute Gasteiger partial charge is 0.480 e. The Balaban J connectivity index is 2.88. The van der Waals surface area contributed by atoms with Crippen molar-refractivity contribution in [1.82, 2.24) is 16.0 Å². The molecule has 0 radical (unpaired) electrons. The molecule has 0 saturated carbocycles. The van der Waals surface area contributed by atoms with Crippen molar-refractivity contribution in [2.75, 3.05) is 13.7 Å². The molecule has 0 aliphatic carbocycles. The molecule has 0 fully saturated rings. The Morgan fingerprint density at radius 1 is 0.902 bits per heavy atom. The van der Waals surface area contributed by atoms with Gasteiger partial charge in [-0.1, -0.05) is 50.6 Å². The van der Waals surface area contributed by atoms with Gasteiger partial charge in [-0.25, -0.2) is 14.4 Å². The molecule has 0 aromatic heterocycles. The number of benzene rings is 1. The minimum absolute atomic E-state index is 0.0538. The molecular formula is C28H45N5O8. The highest BCUT2D eigenvalue weighted by Gasteiger charge is 2.31. The number of methoxy groups -OCH3 is 1. The number of esters is 2. The zero-order valence-electron chi connectivity index (χ0n) is 24.1. The summed E-state index contributed by atoms with van der Waals surface area (Å²) >= 11 is 0. The third kappa shape index (κ3) is 13.5. The van der Waals surface area contributed by atoms with Crippen molar-refractivity contribution in [2.45, 2.75) is 89.6 Å². The second-order valence-corrected chi connectivity index (χ2v) is 9.87. The van der Waals surface area contributed by atoms with Gasteiger partial charge in [0.25, 0.3) is 0 Å². The van der Waals surface area contributed by atoms with E-state index in [1.165, 1.54) is 7.11 Å². The van der Waals surface area contributed by atoms with E-state index in [1.807, 2.05) is 37.3 Å². The van der Waals surface area contributed by atoms with Crippen molar-refractivity contribution in [3.63, 3.8) is 0 Å². The number of ether oxygens (including phenoxy) is 2. The monoisotopic (exact) mass is 579 g/mol. The van der Waals surface area contributed by atoms with Gasteiger partial charge in [-0.15, -0.1) is 0 Å². The summed E-state index contributed by atoms with van der Waals surface area (Å²) in [5.74, 6) is -3.38. The van der Waals surface area contributed by atoms with Crippen molar-refractivity contribution in [3.05, 3.63) is 35.9 Å². The van der Waals surface area contributed by atoms with Crippen LogP contribution in [0.4, 0.5) is 4.79 Å². The number of carboxylic acids is 1. The van der Waals surface area contributed by atoms with Gasteiger partial charge < -0.3 is 42.0 Å². The Bertz CT molecular complexity index is 977. The van der Waals surface area contributed by atoms with E-state index in [1.54, 1.807) is 6.92 Å². The fourth-order valence-electron chi connectivity index (χ4n) is 3.92. The molecule has 0 aliphatic heterocycles. The SMILES string of the molecule is CC[C@H](C)[C@H](NC(=O)[C@@H](CCCC(N)C(=O)OCc1ccccc1)NC(=O)N[C@@H](CCCCN)C(=O)O)C(=O)OC. The summed E-state index contributed by atoms with van der Waals surface area (Å²) in [4.78, 5) is 62.2. The summed E-state index contributed by atoms with van der Waals surface area (Å²) in [6, 6.07) is 4.00. The van der Waals surface area contributed by atoms with Crippen LogP contribution in [0.15, 0.2) is 30.3 Å². The first kappa shape index (κ1) is 35.3. The van der Waals surface area contributed by atoms with Crippen LogP contribution in [0.5, 0.6) is 0 Å². The highest BCUT2D eigenvalue weighted by molar-refractivity contribution is 5.91. The van der Waals surface area contributed by atoms with Gasteiger partial charge in [0, 0.05) is 0 Å². The zero-order chi connectivity index (χ0) is 30.8. The topological polar surface area (TPSA) is 212 Å². The number of hydrogen-bond acceptors (Lipinski definition) is 9. The summed E-state index contributed by atoms with van der Waals surface area (Å²) in [6.45, 7) is 4.09. The molecule has 3 amide bonds. The minimum atomic E-state index is -1.22. The lowest BCUT2D eigenvalue weighted by Crippen LogP contribution is -2.56. The number of nitrogens with two attached hydrogens (primary N) is 2. The van der Waals surface area contributed by atoms with Crippen LogP contribution in [-0.4, -0.2) is 72.8 Å². The van der Waals surface area contributed by atoms with Crippen LogP contribution < -0.4 is 27.4 Å². The fourth-order valence-corrected chi connectivity index (χ4v) is 3.92. The Kier molecular flexibility index (Phi) is 16.7. The fraction of sp³-hybridized carbons (Fsp3) is 0.607. The molecule has 0 spiro atoms. The van der Waals surface area contributed by atoms with Crippen molar-refractivity contribution in [3.8, 4) is 0 Å². The van der Waals surface area contributed by atoms with Gasteiger partial charge in [-0.2, -0.15) is 0 Å². The highest BCUT2D eigenvalue weighted by Crippen LogP contribution is 2.12. The van der Waals surface area contributed by atoms with Crippen molar-refractivity contribution < 1.29 is 38.6 Å². The molecule has 0 aliphatic rings. The normalized spacial score (nSPS) is 14.5. The van der Waals surface area contributed by atoms with Crippen molar-refractivity contribution in [1.29, 1.82) is 0 Å². The van der Waals surface area contributed by atoms with Crippen molar-refractivity contribution in [2.24, 2.45) is 17.4 Å². The number of nitrogens with one attached hydrogen (secondary N) is 3. The Hall–Kier alpha value is -3.71. The quantitative estimate of drug-likeness (QED) is 0.102. The van der Waals surface area contributed by atoms with Gasteiger partial charge in [0.2, 0.25) is 5.91 Å². The lowest BCUT2D eigenvalue weighted by Gasteiger charge is -2.26. The molecular weight excluding hydrogens is 534 g/mol. The summed E-state index contributed by atoms with van der Waals surface area (Å²) in [5.41, 5.74) is 12.3. The molecule has 0 bridgehead atoms. The van der Waals surface area contributed by atoms with Gasteiger partial charge in [0.1, 0.15) is 30.8 Å². The van der Waals surface area contributed by atoms with E-state index in [2.05, 4.69) is 16.0 Å². The van der Waals surface area contributed by atoms with Crippen LogP contribution in [0.3, 0.4) is 0 Å². The van der Waals surface area contributed by atoms with Crippen LogP contribution in [0.25, 0.3) is 0 Å². The maximum atomic E-state index is 13.2. The van der Waals surface area contributed by atoms with E-state index in [9.17, 15) is 29.1 Å². The summed E-state index contributed by atoms with van der Waals surface area (Å²) in [6.07, 6.45) is 2.27. The molecule has 41 heavy (non-hydrogen) atoms. The van der Waals surface area contributed by atoms with Gasteiger partial charge in [0.15, 0.2) is 0 Å². The first-order valence-corrected chi connectivity index (χ1v) is 13.9. The first-order chi connectivity index (χ1) is 19.5. The Labute approximate surface area is 241 Å². The third-order valence-corrected chi connectivity index (χ3v) is 6.67. The number of amides is 3. The second-order valence-electron chi connectivity index (χ2n) is 9.87. The number of hydrogen-bond donors (Lipinski definition) is 6. The molecule has 0 heterocycles. The highest BCUT2D eigenvalue weighted by atomic mass is 16.5. The molecule has 0 saturated heterocycles. The molecule has 8 N–H and O–H groups in total. The van der Waals surface area contributed by atoms with Crippen LogP contribution in [0.1, 0.15) is 64.4 Å². The van der Waals surface area contributed by atoms with Gasteiger partial charge >= 0.3 is 23.9 Å². The summed E-state index contributed by atoms with van der Waals surface area (Å²) in [5, 5.41) is 17.0. The van der Waals surface area contributed by atoms with Crippen LogP contribution in [-0.2, 0) is 35.3 Å². The van der Waals surface area contributed by atoms with E-state index < -0.39 is 54.0 Å². The lowest BCUT2D eigenvalue weighted by molar-refractivity contribution is -0.147. The average molecular weight is 580 g/mol. The van der Waals surface area contributed by atoms with E-state index in [-0.39, 0.29) is 38.2 Å². The Morgan fingerprint density at radius 3 is 2.12 bits per heavy atom. The number of carbonyl (C=O) groups excluding carboxylic acids is 4. The van der Waals surface area contributed by atoms with Crippen LogP contribution in [0.2, 0.25) is 0 Å². The number of carboxylic acid groups (broad SMARTS) is 1. The average Bonchev–Trinajstić information content (AvgIpc) is 2.96. The molecule has 1 unspecified atom stereocenters. The van der Waals surface area contributed by atoms with Gasteiger partial charge in [-0.3, -0.25) is 9.59 Å². The molecule has 1 aromatic rings. The van der Waals surface area contributed by atoms with Gasteiger partial charge in [-0.05, 0) is 56.6 Å². The lowest BCUT2D eigenvalue weighted by atomic mass is 9.98. The standard InChI is InChI=1S/C28H45N5O8/c1-4-18(2)23(27(38)40-3)33-24(34)21(31-28(39)32-22(25(35)36)14-8-9-16-29)15-10-13-20(30)26(37)41-17-19-11-6-5-7-12-19/h5-7,11-12,18,20-23H,4,8-10,13-17,29-30H2,1-3H3,(H,33,34)(H,35,36)(H2,31,32,39)/t18-,20?,21+,22-,23-/m0/s1. The summed E-state index contributed by atoms with van der Waals surface area (Å²) < 4.78 is 10.1. The molecule has 13 heteroatoms. The number of unbranched alkanes of at least 4 members (excludes halogenated alkanes) is 1. The minimum Gasteiger partial charge on any atom is -0.480 e. The van der Waals surface area contributed by atoms with E-state index in [0.717, 1.165) is 5.56 Å². The third-order valence-electron chi connectivity index (χ3n) is 6.67. The van der Waals surface area contributed by atoms with Crippen molar-refractivity contribution >= 4 is 29.8 Å². The molecule has 5 atom stereocenters. The number of urea groups is 1. The van der Waals surface area contributed by atoms with Crippen LogP contribution in [0, 0.1) is 5.92 Å². The van der Waals surface area contributed by atoms with E-state index in [0.29, 0.717) is 25.8 Å². The maximum Gasteiger partial charge on any atom is 0.328 e. The predicted molar refractivity (Wildman–Crippen MR) is 151 cm³/mol. The van der Waals surface area contributed by atoms with Gasteiger partial charge in [0.05, 0.1) is 7.11 Å². The number of aliphatic carboxylic acids is 1. The van der Waals surface area contributed by atoms with Crippen LogP contribution >= 0.6 is 0 Å². The predicted octanol–water partition coefficient (Wildman–Crippen LogP) is 1.18. The first-order valence-electron chi connectivity index (χ1n) is 13.9. The zero-order valence-corrected chi connectivity index (χ0v) is 24.1. The molecule has 230 valence electrons. The smallest absolute Gasteiger partial charge is 0.328 e. The Morgan fingerprint density at radius 2 is 1.54 bits per heavy atom. The number of rotatable bonds is 19. The van der Waals surface area contributed by atoms with E-state index >= 15 is 0 Å². The molecule has 13 nitrogen and oxygen atoms in total. The summed E-state index contributed by atoms with van der Waals surface area (Å²) in [7, 11) is 1.21. The molecule has 1 aromatic carbocycles. The second kappa shape index (κ2) is 19.4.